The molecule has 0 unspecified atom stereocenters. The van der Waals surface area contributed by atoms with E-state index in [1.54, 1.807) is 30.9 Å². The molecule has 0 saturated carbocycles. The maximum atomic E-state index is 11.0. The monoisotopic (exact) mass is 263 g/mol. The first-order chi connectivity index (χ1) is 8.77. The fourth-order valence-corrected chi connectivity index (χ4v) is 2.42. The molecule has 0 spiro atoms. The summed E-state index contributed by atoms with van der Waals surface area (Å²) in [4.78, 5) is 19.0. The van der Waals surface area contributed by atoms with Gasteiger partial charge in [0, 0.05) is 30.9 Å². The van der Waals surface area contributed by atoms with Crippen molar-refractivity contribution in [3.63, 3.8) is 0 Å². The summed E-state index contributed by atoms with van der Waals surface area (Å²) in [5, 5.41) is 9.59. The second-order valence-electron chi connectivity index (χ2n) is 3.66. The van der Waals surface area contributed by atoms with E-state index in [0.717, 1.165) is 18.7 Å². The number of carboxylic acids is 1. The number of rotatable bonds is 6. The van der Waals surface area contributed by atoms with Crippen LogP contribution < -0.4 is 0 Å². The maximum absolute atomic E-state index is 11.0. The maximum Gasteiger partial charge on any atom is 0.338 e. The summed E-state index contributed by atoms with van der Waals surface area (Å²) >= 11 is 1.47. The molecule has 18 heavy (non-hydrogen) atoms. The second kappa shape index (κ2) is 6.20. The van der Waals surface area contributed by atoms with Gasteiger partial charge in [-0.3, -0.25) is 0 Å². The van der Waals surface area contributed by atoms with Gasteiger partial charge in [0.05, 0.1) is 11.9 Å². The number of aryl methyl sites for hydroxylation is 1. The number of hydrogen-bond donors (Lipinski definition) is 1. The van der Waals surface area contributed by atoms with Crippen LogP contribution in [-0.4, -0.2) is 31.4 Å². The molecule has 0 aromatic carbocycles. The van der Waals surface area contributed by atoms with E-state index in [-0.39, 0.29) is 5.56 Å². The Hall–Kier alpha value is -1.82. The van der Waals surface area contributed by atoms with Gasteiger partial charge < -0.3 is 9.67 Å². The molecule has 0 aliphatic heterocycles. The fourth-order valence-electron chi connectivity index (χ4n) is 1.50. The Kier molecular flexibility index (Phi) is 4.35. The van der Waals surface area contributed by atoms with Crippen LogP contribution in [0.2, 0.25) is 0 Å². The van der Waals surface area contributed by atoms with E-state index in [1.165, 1.54) is 11.8 Å². The first kappa shape index (κ1) is 12.6. The molecule has 0 aliphatic rings. The lowest BCUT2D eigenvalue weighted by atomic mass is 10.3. The predicted molar refractivity (Wildman–Crippen MR) is 68.8 cm³/mol. The van der Waals surface area contributed by atoms with Crippen molar-refractivity contribution >= 4 is 17.7 Å². The third-order valence-corrected chi connectivity index (χ3v) is 3.45. The lowest BCUT2D eigenvalue weighted by Crippen LogP contribution is -2.01. The second-order valence-corrected chi connectivity index (χ2v) is 4.75. The number of pyridine rings is 1. The van der Waals surface area contributed by atoms with E-state index < -0.39 is 5.97 Å². The van der Waals surface area contributed by atoms with E-state index in [1.807, 2.05) is 10.8 Å². The molecule has 1 N–H and O–H groups in total. The highest BCUT2D eigenvalue weighted by Gasteiger charge is 2.10. The summed E-state index contributed by atoms with van der Waals surface area (Å²) in [7, 11) is 0. The third kappa shape index (κ3) is 3.33. The molecule has 2 aromatic heterocycles. The van der Waals surface area contributed by atoms with E-state index in [2.05, 4.69) is 9.97 Å². The standard InChI is InChI=1S/C12H13N3O2S/c16-12(17)10-3-1-4-14-11(10)18-8-2-6-15-7-5-13-9-15/h1,3-5,7,9H,2,6,8H2,(H,16,17). The molecule has 5 nitrogen and oxygen atoms in total. The highest BCUT2D eigenvalue weighted by molar-refractivity contribution is 7.99. The van der Waals surface area contributed by atoms with Gasteiger partial charge in [-0.1, -0.05) is 0 Å². The Morgan fingerprint density at radius 2 is 2.33 bits per heavy atom. The van der Waals surface area contributed by atoms with Gasteiger partial charge in [0.25, 0.3) is 0 Å². The molecule has 0 radical (unpaired) electrons. The smallest absolute Gasteiger partial charge is 0.338 e. The Morgan fingerprint density at radius 1 is 1.44 bits per heavy atom. The summed E-state index contributed by atoms with van der Waals surface area (Å²) in [5.41, 5.74) is 0.269. The van der Waals surface area contributed by atoms with Gasteiger partial charge in [0.2, 0.25) is 0 Å². The van der Waals surface area contributed by atoms with Gasteiger partial charge in [-0.05, 0) is 18.6 Å². The van der Waals surface area contributed by atoms with Crippen molar-refractivity contribution in [2.24, 2.45) is 0 Å². The summed E-state index contributed by atoms with van der Waals surface area (Å²) in [6.07, 6.45) is 7.98. The highest BCUT2D eigenvalue weighted by Crippen LogP contribution is 2.20. The van der Waals surface area contributed by atoms with Crippen LogP contribution in [-0.2, 0) is 6.54 Å². The minimum Gasteiger partial charge on any atom is -0.478 e. The molecule has 0 saturated heterocycles. The van der Waals surface area contributed by atoms with Crippen molar-refractivity contribution in [2.45, 2.75) is 18.0 Å². The van der Waals surface area contributed by atoms with Crippen molar-refractivity contribution in [1.29, 1.82) is 0 Å². The zero-order valence-corrected chi connectivity index (χ0v) is 10.5. The van der Waals surface area contributed by atoms with Crippen LogP contribution in [0.25, 0.3) is 0 Å². The quantitative estimate of drug-likeness (QED) is 0.639. The number of imidazole rings is 1. The van der Waals surface area contributed by atoms with Crippen LogP contribution in [0, 0.1) is 0 Å². The third-order valence-electron chi connectivity index (χ3n) is 2.36. The predicted octanol–water partition coefficient (Wildman–Crippen LogP) is 2.16. The zero-order valence-electron chi connectivity index (χ0n) is 9.69. The van der Waals surface area contributed by atoms with Gasteiger partial charge in [-0.25, -0.2) is 14.8 Å². The van der Waals surface area contributed by atoms with Gasteiger partial charge in [-0.15, -0.1) is 11.8 Å². The Balaban J connectivity index is 1.85. The van der Waals surface area contributed by atoms with Crippen molar-refractivity contribution < 1.29 is 9.90 Å². The van der Waals surface area contributed by atoms with Crippen molar-refractivity contribution in [1.82, 2.24) is 14.5 Å². The molecule has 0 amide bonds. The Labute approximate surface area is 109 Å². The largest absolute Gasteiger partial charge is 0.478 e. The van der Waals surface area contributed by atoms with Crippen LogP contribution in [0.1, 0.15) is 16.8 Å². The van der Waals surface area contributed by atoms with E-state index in [9.17, 15) is 4.79 Å². The highest BCUT2D eigenvalue weighted by atomic mass is 32.2. The average molecular weight is 263 g/mol. The number of hydrogen-bond acceptors (Lipinski definition) is 4. The van der Waals surface area contributed by atoms with E-state index in [0.29, 0.717) is 5.03 Å². The van der Waals surface area contributed by atoms with Crippen LogP contribution in [0.15, 0.2) is 42.1 Å². The molecule has 0 fully saturated rings. The van der Waals surface area contributed by atoms with Gasteiger partial charge >= 0.3 is 5.97 Å². The topological polar surface area (TPSA) is 68.0 Å². The number of nitrogens with zero attached hydrogens (tertiary/aromatic N) is 3. The molecule has 2 rings (SSSR count). The molecule has 2 aromatic rings. The summed E-state index contributed by atoms with van der Waals surface area (Å²) in [6.45, 7) is 0.877. The minimum absolute atomic E-state index is 0.269. The molecule has 2 heterocycles. The summed E-state index contributed by atoms with van der Waals surface area (Å²) in [6, 6.07) is 3.21. The van der Waals surface area contributed by atoms with Crippen LogP contribution in [0.3, 0.4) is 0 Å². The molecule has 6 heteroatoms. The van der Waals surface area contributed by atoms with Gasteiger partial charge in [0.1, 0.15) is 5.03 Å². The lowest BCUT2D eigenvalue weighted by Gasteiger charge is -2.04. The minimum atomic E-state index is -0.930. The number of thioether (sulfide) groups is 1. The summed E-state index contributed by atoms with van der Waals surface area (Å²) < 4.78 is 2.00. The number of aromatic nitrogens is 3. The molecule has 0 aliphatic carbocycles. The number of aromatic carboxylic acids is 1. The first-order valence-corrected chi connectivity index (χ1v) is 6.53. The Bertz CT molecular complexity index is 514. The Morgan fingerprint density at radius 3 is 3.06 bits per heavy atom. The molecular weight excluding hydrogens is 250 g/mol. The van der Waals surface area contributed by atoms with Crippen LogP contribution in [0.5, 0.6) is 0 Å². The lowest BCUT2D eigenvalue weighted by molar-refractivity contribution is 0.0692. The normalized spacial score (nSPS) is 10.4. The molecular formula is C12H13N3O2S. The number of carboxylic acid groups (broad SMARTS) is 1. The summed E-state index contributed by atoms with van der Waals surface area (Å²) in [5.74, 6) is -0.102. The fraction of sp³-hybridized carbons (Fsp3) is 0.250. The molecule has 0 bridgehead atoms. The average Bonchev–Trinajstić information content (AvgIpc) is 2.88. The van der Waals surface area contributed by atoms with E-state index >= 15 is 0 Å². The number of carbonyl (C=O) groups is 1. The van der Waals surface area contributed by atoms with Crippen LogP contribution >= 0.6 is 11.8 Å². The van der Waals surface area contributed by atoms with Crippen molar-refractivity contribution in [2.75, 3.05) is 5.75 Å². The zero-order chi connectivity index (χ0) is 12.8. The van der Waals surface area contributed by atoms with E-state index in [4.69, 9.17) is 5.11 Å². The van der Waals surface area contributed by atoms with Crippen LogP contribution in [0.4, 0.5) is 0 Å². The molecule has 94 valence electrons. The van der Waals surface area contributed by atoms with Crippen molar-refractivity contribution in [3.8, 4) is 0 Å². The SMILES string of the molecule is O=C(O)c1cccnc1SCCCn1ccnc1. The van der Waals surface area contributed by atoms with Gasteiger partial charge in [-0.2, -0.15) is 0 Å². The van der Waals surface area contributed by atoms with Gasteiger partial charge in [0.15, 0.2) is 0 Å². The van der Waals surface area contributed by atoms with Crippen molar-refractivity contribution in [3.05, 3.63) is 42.6 Å². The molecule has 0 atom stereocenters. The first-order valence-electron chi connectivity index (χ1n) is 5.54.